The van der Waals surface area contributed by atoms with Crippen molar-refractivity contribution < 1.29 is 0 Å². The van der Waals surface area contributed by atoms with Gasteiger partial charge in [0.25, 0.3) is 0 Å². The van der Waals surface area contributed by atoms with Crippen molar-refractivity contribution in [3.8, 4) is 12.1 Å². The summed E-state index contributed by atoms with van der Waals surface area (Å²) in [6.07, 6.45) is 25.6. The zero-order valence-corrected chi connectivity index (χ0v) is 18.0. The Labute approximate surface area is 182 Å². The molecule has 2 saturated carbocycles. The largest absolute Gasteiger partial charge is 0.193 e. The normalized spacial score (nSPS) is 27.4. The van der Waals surface area contributed by atoms with Crippen molar-refractivity contribution in [2.75, 3.05) is 0 Å². The first-order valence-electron chi connectivity index (χ1n) is 11.7. The van der Waals surface area contributed by atoms with E-state index in [9.17, 15) is 0 Å². The lowest BCUT2D eigenvalue weighted by molar-refractivity contribution is 0.295. The lowest BCUT2D eigenvalue weighted by Gasteiger charge is -2.29. The second-order valence-corrected chi connectivity index (χ2v) is 9.00. The molecular formula is C28H34N2. The van der Waals surface area contributed by atoms with E-state index in [-0.39, 0.29) is 0 Å². The van der Waals surface area contributed by atoms with Gasteiger partial charge < -0.3 is 0 Å². The van der Waals surface area contributed by atoms with Gasteiger partial charge in [-0.05, 0) is 106 Å². The molecule has 0 N–H and O–H groups in total. The Morgan fingerprint density at radius 1 is 0.800 bits per heavy atom. The van der Waals surface area contributed by atoms with Crippen LogP contribution in [0.3, 0.4) is 0 Å². The van der Waals surface area contributed by atoms with Gasteiger partial charge >= 0.3 is 0 Å². The van der Waals surface area contributed by atoms with Gasteiger partial charge in [0.05, 0.1) is 17.7 Å². The first-order valence-corrected chi connectivity index (χ1v) is 11.7. The summed E-state index contributed by atoms with van der Waals surface area (Å²) >= 11 is 0. The first-order chi connectivity index (χ1) is 14.8. The molecule has 0 heterocycles. The lowest BCUT2D eigenvalue weighted by Crippen LogP contribution is -2.14. The van der Waals surface area contributed by atoms with Gasteiger partial charge in [-0.1, -0.05) is 42.5 Å². The molecule has 0 unspecified atom stereocenters. The molecule has 2 nitrogen and oxygen atoms in total. The van der Waals surface area contributed by atoms with E-state index in [0.29, 0.717) is 5.92 Å². The average molecular weight is 399 g/mol. The standard InChI is InChI=1S/C28H34N2/c29-21-5-3-1-2-4-6-23-7-9-24(10-8-23)11-12-25-13-17-27(18-14-25)28-19-15-26(22-30)16-20-28/h1-3,5,11-12,15-16,19-20,23-25,27H,4,6-10,13-14,17-18H2/b2-1?,5-3?,12-11+. The molecule has 30 heavy (non-hydrogen) atoms. The van der Waals surface area contributed by atoms with Crippen LogP contribution >= 0.6 is 0 Å². The van der Waals surface area contributed by atoms with Crippen molar-refractivity contribution >= 4 is 0 Å². The van der Waals surface area contributed by atoms with Crippen molar-refractivity contribution in [1.82, 2.24) is 0 Å². The Bertz CT molecular complexity index is 800. The lowest BCUT2D eigenvalue weighted by atomic mass is 9.77. The first kappa shape index (κ1) is 22.1. The van der Waals surface area contributed by atoms with Crippen molar-refractivity contribution in [2.24, 2.45) is 17.8 Å². The molecule has 0 aliphatic heterocycles. The van der Waals surface area contributed by atoms with E-state index >= 15 is 0 Å². The zero-order chi connectivity index (χ0) is 21.0. The van der Waals surface area contributed by atoms with Crippen LogP contribution in [0.15, 0.2) is 60.7 Å². The van der Waals surface area contributed by atoms with Crippen LogP contribution in [0.1, 0.15) is 81.3 Å². The summed E-state index contributed by atoms with van der Waals surface area (Å²) in [6.45, 7) is 0. The number of nitriles is 2. The number of benzene rings is 1. The number of nitrogens with zero attached hydrogens (tertiary/aromatic N) is 2. The maximum absolute atomic E-state index is 8.96. The molecule has 0 radical (unpaired) electrons. The summed E-state index contributed by atoms with van der Waals surface area (Å²) in [7, 11) is 0. The third kappa shape index (κ3) is 7.03. The van der Waals surface area contributed by atoms with Crippen LogP contribution in [0.5, 0.6) is 0 Å². The molecule has 0 saturated heterocycles. The molecule has 1 aromatic rings. The summed E-state index contributed by atoms with van der Waals surface area (Å²) in [6, 6.07) is 12.4. The zero-order valence-electron chi connectivity index (χ0n) is 18.0. The van der Waals surface area contributed by atoms with Gasteiger partial charge in [0.1, 0.15) is 0 Å². The minimum Gasteiger partial charge on any atom is -0.193 e. The maximum Gasteiger partial charge on any atom is 0.0991 e. The molecule has 2 aliphatic carbocycles. The third-order valence-electron chi connectivity index (χ3n) is 6.99. The Morgan fingerprint density at radius 2 is 1.43 bits per heavy atom. The van der Waals surface area contributed by atoms with Gasteiger partial charge in [0.2, 0.25) is 0 Å². The second-order valence-electron chi connectivity index (χ2n) is 9.00. The van der Waals surface area contributed by atoms with Gasteiger partial charge in [0, 0.05) is 6.08 Å². The van der Waals surface area contributed by atoms with Gasteiger partial charge in [-0.15, -0.1) is 0 Å². The number of allylic oxidation sites excluding steroid dienone is 6. The fourth-order valence-corrected chi connectivity index (χ4v) is 5.06. The molecule has 1 aromatic carbocycles. The predicted molar refractivity (Wildman–Crippen MR) is 124 cm³/mol. The van der Waals surface area contributed by atoms with Crippen molar-refractivity contribution in [3.63, 3.8) is 0 Å². The van der Waals surface area contributed by atoms with E-state index in [4.69, 9.17) is 10.5 Å². The van der Waals surface area contributed by atoms with E-state index in [2.05, 4.69) is 36.4 Å². The molecule has 0 spiro atoms. The Morgan fingerprint density at radius 3 is 2.03 bits per heavy atom. The van der Waals surface area contributed by atoms with E-state index in [1.165, 1.54) is 69.4 Å². The number of hydrogen-bond acceptors (Lipinski definition) is 2. The minimum atomic E-state index is 0.669. The highest BCUT2D eigenvalue weighted by molar-refractivity contribution is 5.33. The maximum atomic E-state index is 8.96. The van der Waals surface area contributed by atoms with Crippen molar-refractivity contribution in [1.29, 1.82) is 10.5 Å². The molecule has 0 bridgehead atoms. The molecular weight excluding hydrogens is 364 g/mol. The number of hydrogen-bond donors (Lipinski definition) is 0. The van der Waals surface area contributed by atoms with E-state index in [1.54, 1.807) is 0 Å². The minimum absolute atomic E-state index is 0.669. The van der Waals surface area contributed by atoms with E-state index in [1.807, 2.05) is 30.4 Å². The van der Waals surface area contributed by atoms with Crippen LogP contribution < -0.4 is 0 Å². The SMILES string of the molecule is N#CC=CC=CCCC1CCC(/C=C/C2CCC(c3ccc(C#N)cc3)CC2)CC1. The van der Waals surface area contributed by atoms with Gasteiger partial charge in [-0.2, -0.15) is 10.5 Å². The summed E-state index contributed by atoms with van der Waals surface area (Å²) in [4.78, 5) is 0. The quantitative estimate of drug-likeness (QED) is 0.269. The second kappa shape index (κ2) is 12.2. The molecule has 2 aliphatic rings. The monoisotopic (exact) mass is 398 g/mol. The smallest absolute Gasteiger partial charge is 0.0991 e. The summed E-state index contributed by atoms with van der Waals surface area (Å²) in [5.41, 5.74) is 2.17. The predicted octanol–water partition coefficient (Wildman–Crippen LogP) is 7.61. The molecule has 0 atom stereocenters. The molecule has 2 fully saturated rings. The molecule has 3 rings (SSSR count). The Balaban J connectivity index is 1.33. The molecule has 0 amide bonds. The highest BCUT2D eigenvalue weighted by Crippen LogP contribution is 2.37. The summed E-state index contributed by atoms with van der Waals surface area (Å²) < 4.78 is 0. The highest BCUT2D eigenvalue weighted by atomic mass is 14.3. The Kier molecular flexibility index (Phi) is 8.99. The van der Waals surface area contributed by atoms with Crippen molar-refractivity contribution in [3.05, 3.63) is 71.8 Å². The van der Waals surface area contributed by atoms with Crippen molar-refractivity contribution in [2.45, 2.75) is 70.1 Å². The van der Waals surface area contributed by atoms with Gasteiger partial charge in [-0.25, -0.2) is 0 Å². The van der Waals surface area contributed by atoms with Gasteiger partial charge in [0.15, 0.2) is 0 Å². The fourth-order valence-electron chi connectivity index (χ4n) is 5.06. The van der Waals surface area contributed by atoms with Gasteiger partial charge in [-0.3, -0.25) is 0 Å². The number of rotatable bonds is 7. The van der Waals surface area contributed by atoms with Crippen LogP contribution in [-0.4, -0.2) is 0 Å². The average Bonchev–Trinajstić information content (AvgIpc) is 2.81. The molecule has 156 valence electrons. The highest BCUT2D eigenvalue weighted by Gasteiger charge is 2.22. The van der Waals surface area contributed by atoms with E-state index < -0.39 is 0 Å². The fraction of sp³-hybridized carbons (Fsp3) is 0.500. The topological polar surface area (TPSA) is 47.6 Å². The van der Waals surface area contributed by atoms with Crippen LogP contribution in [-0.2, 0) is 0 Å². The van der Waals surface area contributed by atoms with Crippen LogP contribution in [0, 0.1) is 40.4 Å². The van der Waals surface area contributed by atoms with E-state index in [0.717, 1.165) is 29.7 Å². The Hall–Kier alpha value is -2.58. The summed E-state index contributed by atoms with van der Waals surface area (Å²) in [5.74, 6) is 3.08. The van der Waals surface area contributed by atoms with Crippen LogP contribution in [0.2, 0.25) is 0 Å². The molecule has 0 aromatic heterocycles. The summed E-state index contributed by atoms with van der Waals surface area (Å²) in [5, 5.41) is 17.4. The third-order valence-corrected chi connectivity index (χ3v) is 6.99. The van der Waals surface area contributed by atoms with Crippen LogP contribution in [0.4, 0.5) is 0 Å². The van der Waals surface area contributed by atoms with Crippen LogP contribution in [0.25, 0.3) is 0 Å². The molecule has 2 heteroatoms.